The SMILES string of the molecule is COc1c(Cl)cc(NPI)c(C=N)c1-c1c(N2CCNCC23CCC3)nn(C2CC3(C2)CN(C(=O)OC(C)(C)C)C3)c1C. The molecule has 3 heterocycles. The fraction of sp³-hybridized carbons (Fsp3) is 0.633. The summed E-state index contributed by atoms with van der Waals surface area (Å²) in [5, 5.41) is 21.4. The third-order valence-corrected chi connectivity index (χ3v) is 11.1. The number of nitrogens with one attached hydrogen (secondary N) is 3. The largest absolute Gasteiger partial charge is 0.495 e. The van der Waals surface area contributed by atoms with Crippen LogP contribution in [0.3, 0.4) is 0 Å². The summed E-state index contributed by atoms with van der Waals surface area (Å²) in [5.41, 5.74) is 4.12. The maximum Gasteiger partial charge on any atom is 0.410 e. The van der Waals surface area contributed by atoms with Crippen molar-refractivity contribution in [3.63, 3.8) is 0 Å². The van der Waals surface area contributed by atoms with Crippen molar-refractivity contribution in [2.45, 2.75) is 77.0 Å². The number of ether oxygens (including phenoxy) is 2. The summed E-state index contributed by atoms with van der Waals surface area (Å²) in [6.45, 7) is 12.0. The lowest BCUT2D eigenvalue weighted by molar-refractivity contribution is -0.0930. The maximum absolute atomic E-state index is 12.6. The smallest absolute Gasteiger partial charge is 0.410 e. The van der Waals surface area contributed by atoms with Gasteiger partial charge >= 0.3 is 6.09 Å². The molecule has 4 aliphatic rings. The first-order chi connectivity index (χ1) is 20.4. The number of hydrogen-bond donors (Lipinski definition) is 3. The molecule has 0 bridgehead atoms. The molecule has 13 heteroatoms. The Balaban J connectivity index is 1.39. The lowest BCUT2D eigenvalue weighted by atomic mass is 9.61. The van der Waals surface area contributed by atoms with Gasteiger partial charge in [0.25, 0.3) is 0 Å². The number of rotatable bonds is 7. The van der Waals surface area contributed by atoms with Crippen LogP contribution in [0.4, 0.5) is 16.3 Å². The molecule has 2 saturated carbocycles. The standard InChI is InChI=1S/C30H42ClIN7O3P/c1-18-23(24-20(14-33)22(36-43-32)11-21(31)25(24)41-5)26(38-10-9-34-15-30(38)7-6-8-30)35-39(18)19-12-29(13-19)16-37(17-29)27(40)42-28(2,3)4/h11,14,19,33-34,36,43H,6-10,12-13,15-17H2,1-5H3. The number of methoxy groups -OCH3 is 1. The van der Waals surface area contributed by atoms with E-state index in [9.17, 15) is 4.79 Å². The molecule has 1 atom stereocenters. The summed E-state index contributed by atoms with van der Waals surface area (Å²) in [5.74, 6) is 1.52. The van der Waals surface area contributed by atoms with Crippen molar-refractivity contribution in [2.24, 2.45) is 5.41 Å². The van der Waals surface area contributed by atoms with Crippen LogP contribution in [0.1, 0.15) is 70.2 Å². The fourth-order valence-electron chi connectivity index (χ4n) is 7.54. The van der Waals surface area contributed by atoms with Crippen LogP contribution in [0.5, 0.6) is 5.75 Å². The number of anilines is 2. The van der Waals surface area contributed by atoms with Gasteiger partial charge in [0.15, 0.2) is 5.82 Å². The molecule has 4 fully saturated rings. The van der Waals surface area contributed by atoms with Gasteiger partial charge in [-0.2, -0.15) is 5.10 Å². The number of amides is 1. The summed E-state index contributed by atoms with van der Waals surface area (Å²) in [6, 6.07) is 2.09. The van der Waals surface area contributed by atoms with E-state index in [1.807, 2.05) is 31.7 Å². The number of likely N-dealkylation sites (tertiary alicyclic amines) is 1. The van der Waals surface area contributed by atoms with Gasteiger partial charge in [-0.1, -0.05) is 11.6 Å². The zero-order valence-corrected chi connectivity index (χ0v) is 29.5. The molecule has 1 amide bonds. The number of nitrogens with zero attached hydrogens (tertiary/aromatic N) is 4. The molecule has 234 valence electrons. The Morgan fingerprint density at radius 1 is 1.30 bits per heavy atom. The average Bonchev–Trinajstić information content (AvgIpc) is 3.21. The molecular weight excluding hydrogens is 700 g/mol. The molecular formula is C30H42ClIN7O3P. The van der Waals surface area contributed by atoms with Gasteiger partial charge in [-0.15, -0.1) is 0 Å². The second-order valence-corrected chi connectivity index (χ2v) is 16.1. The lowest BCUT2D eigenvalue weighted by Gasteiger charge is -2.58. The maximum atomic E-state index is 12.6. The van der Waals surface area contributed by atoms with Crippen molar-refractivity contribution in [1.29, 1.82) is 5.41 Å². The van der Waals surface area contributed by atoms with Gasteiger partial charge in [-0.25, -0.2) is 4.79 Å². The number of halogens is 2. The molecule has 0 radical (unpaired) electrons. The minimum absolute atomic E-state index is 0.0443. The summed E-state index contributed by atoms with van der Waals surface area (Å²) >= 11 is 9.15. The van der Waals surface area contributed by atoms with Crippen LogP contribution in [-0.4, -0.2) is 78.0 Å². The number of carbonyl (C=O) groups is 1. The van der Waals surface area contributed by atoms with Crippen molar-refractivity contribution in [2.75, 3.05) is 49.8 Å². The van der Waals surface area contributed by atoms with Gasteiger partial charge in [0.1, 0.15) is 11.4 Å². The van der Waals surface area contributed by atoms with E-state index in [1.54, 1.807) is 7.11 Å². The summed E-state index contributed by atoms with van der Waals surface area (Å²) in [7, 11) is 1.64. The van der Waals surface area contributed by atoms with E-state index in [0.29, 0.717) is 17.1 Å². The van der Waals surface area contributed by atoms with Crippen LogP contribution >= 0.6 is 40.0 Å². The van der Waals surface area contributed by atoms with Gasteiger partial charge in [-0.3, -0.25) is 4.68 Å². The Morgan fingerprint density at radius 2 is 2.02 bits per heavy atom. The third kappa shape index (κ3) is 5.40. The fourth-order valence-corrected chi connectivity index (χ4v) is 9.00. The third-order valence-electron chi connectivity index (χ3n) is 9.65. The van der Waals surface area contributed by atoms with E-state index < -0.39 is 5.60 Å². The van der Waals surface area contributed by atoms with E-state index in [4.69, 9.17) is 31.6 Å². The molecule has 1 aromatic heterocycles. The van der Waals surface area contributed by atoms with E-state index in [1.165, 1.54) is 12.6 Å². The molecule has 2 aliphatic heterocycles. The number of carbonyl (C=O) groups excluding carboxylic acids is 1. The Kier molecular flexibility index (Phi) is 8.35. The number of piperazine rings is 1. The predicted molar refractivity (Wildman–Crippen MR) is 183 cm³/mol. The second kappa shape index (κ2) is 11.5. The molecule has 2 spiro atoms. The quantitative estimate of drug-likeness (QED) is 0.163. The van der Waals surface area contributed by atoms with Crippen molar-refractivity contribution < 1.29 is 14.3 Å². The molecule has 1 aromatic carbocycles. The van der Waals surface area contributed by atoms with Crippen molar-refractivity contribution >= 4 is 63.8 Å². The molecule has 43 heavy (non-hydrogen) atoms. The van der Waals surface area contributed by atoms with Crippen LogP contribution < -0.4 is 20.0 Å². The first-order valence-corrected chi connectivity index (χ1v) is 19.5. The van der Waals surface area contributed by atoms with Gasteiger partial charge in [0, 0.05) is 73.2 Å². The molecule has 6 rings (SSSR count). The van der Waals surface area contributed by atoms with Gasteiger partial charge in [0.05, 0.1) is 29.3 Å². The van der Waals surface area contributed by atoms with Crippen LogP contribution in [-0.2, 0) is 4.74 Å². The summed E-state index contributed by atoms with van der Waals surface area (Å²) < 4.78 is 13.8. The van der Waals surface area contributed by atoms with Gasteiger partial charge in [0.2, 0.25) is 0 Å². The van der Waals surface area contributed by atoms with Gasteiger partial charge in [-0.05, 0) is 87.9 Å². The molecule has 2 aromatic rings. The first-order valence-electron chi connectivity index (χ1n) is 15.0. The first kappa shape index (κ1) is 31.2. The number of aromatic nitrogens is 2. The highest BCUT2D eigenvalue weighted by Gasteiger charge is 2.56. The van der Waals surface area contributed by atoms with Crippen molar-refractivity contribution in [3.05, 3.63) is 22.3 Å². The van der Waals surface area contributed by atoms with E-state index in [2.05, 4.69) is 49.0 Å². The highest BCUT2D eigenvalue weighted by atomic mass is 127. The van der Waals surface area contributed by atoms with Crippen LogP contribution in [0.25, 0.3) is 11.1 Å². The van der Waals surface area contributed by atoms with E-state index in [-0.39, 0.29) is 23.1 Å². The second-order valence-electron chi connectivity index (χ2n) is 13.6. The Labute approximate surface area is 273 Å². The summed E-state index contributed by atoms with van der Waals surface area (Å²) in [6.07, 6.45) is 7.01. The number of benzene rings is 1. The molecule has 3 N–H and O–H groups in total. The Hall–Kier alpha value is -1.82. The van der Waals surface area contributed by atoms with Crippen LogP contribution in [0, 0.1) is 17.7 Å². The number of hydrogen-bond acceptors (Lipinski definition) is 8. The highest BCUT2D eigenvalue weighted by molar-refractivity contribution is 14.2. The Bertz CT molecular complexity index is 1430. The zero-order valence-electron chi connectivity index (χ0n) is 25.6. The molecule has 2 saturated heterocycles. The van der Waals surface area contributed by atoms with Crippen LogP contribution in [0.15, 0.2) is 6.07 Å². The van der Waals surface area contributed by atoms with Crippen molar-refractivity contribution in [1.82, 2.24) is 20.0 Å². The lowest BCUT2D eigenvalue weighted by Crippen LogP contribution is -2.65. The minimum Gasteiger partial charge on any atom is -0.495 e. The van der Waals surface area contributed by atoms with E-state index in [0.717, 1.165) is 92.3 Å². The van der Waals surface area contributed by atoms with Crippen molar-refractivity contribution in [3.8, 4) is 16.9 Å². The zero-order chi connectivity index (χ0) is 30.7. The predicted octanol–water partition coefficient (Wildman–Crippen LogP) is 6.78. The van der Waals surface area contributed by atoms with Gasteiger partial charge < -0.3 is 35.1 Å². The minimum atomic E-state index is -0.494. The monoisotopic (exact) mass is 741 g/mol. The topological polar surface area (TPSA) is 108 Å². The highest BCUT2D eigenvalue weighted by Crippen LogP contribution is 2.57. The summed E-state index contributed by atoms with van der Waals surface area (Å²) in [4.78, 5) is 16.9. The molecule has 1 unspecified atom stereocenters. The molecule has 10 nitrogen and oxygen atoms in total. The van der Waals surface area contributed by atoms with Crippen LogP contribution in [0.2, 0.25) is 5.02 Å². The molecule has 2 aliphatic carbocycles. The van der Waals surface area contributed by atoms with E-state index >= 15 is 0 Å². The normalized spacial score (nSPS) is 21.1. The Morgan fingerprint density at radius 3 is 2.60 bits per heavy atom. The average molecular weight is 742 g/mol.